The number of nitrogens with one attached hydrogen (secondary N) is 1. The van der Waals surface area contributed by atoms with Crippen LogP contribution in [-0.4, -0.2) is 18.2 Å². The minimum absolute atomic E-state index is 0.330. The Hall–Kier alpha value is -2.23. The summed E-state index contributed by atoms with van der Waals surface area (Å²) in [7, 11) is 0. The zero-order chi connectivity index (χ0) is 15.2. The smallest absolute Gasteiger partial charge is 0.166 e. The fourth-order valence-corrected chi connectivity index (χ4v) is 2.23. The van der Waals surface area contributed by atoms with Crippen molar-refractivity contribution in [2.75, 3.05) is 23.3 Å². The largest absolute Gasteiger partial charge is 0.505 e. The van der Waals surface area contributed by atoms with Gasteiger partial charge in [0.05, 0.1) is 0 Å². The first-order valence-corrected chi connectivity index (χ1v) is 7.20. The average molecular weight is 288 g/mol. The number of benzene rings is 2. The number of hydrogen-bond acceptors (Lipinski definition) is 3. The van der Waals surface area contributed by atoms with Gasteiger partial charge in [0, 0.05) is 37.1 Å². The van der Waals surface area contributed by atoms with Crippen LogP contribution in [0.2, 0.25) is 0 Å². The van der Waals surface area contributed by atoms with E-state index >= 15 is 0 Å². The highest BCUT2D eigenvalue weighted by Gasteiger charge is 2.03. The summed E-state index contributed by atoms with van der Waals surface area (Å²) >= 11 is 0. The van der Waals surface area contributed by atoms with E-state index in [1.165, 1.54) is 17.8 Å². The van der Waals surface area contributed by atoms with Crippen LogP contribution < -0.4 is 10.2 Å². The summed E-state index contributed by atoms with van der Waals surface area (Å²) in [4.78, 5) is 2.28. The van der Waals surface area contributed by atoms with Gasteiger partial charge < -0.3 is 15.3 Å². The summed E-state index contributed by atoms with van der Waals surface area (Å²) in [6, 6.07) is 12.6. The van der Waals surface area contributed by atoms with Crippen molar-refractivity contribution in [2.24, 2.45) is 0 Å². The van der Waals surface area contributed by atoms with Crippen molar-refractivity contribution in [3.63, 3.8) is 0 Å². The summed E-state index contributed by atoms with van der Waals surface area (Å²) in [6.07, 6.45) is 0. The minimum Gasteiger partial charge on any atom is -0.505 e. The molecule has 0 aliphatic carbocycles. The van der Waals surface area contributed by atoms with Crippen LogP contribution in [0.25, 0.3) is 0 Å². The van der Waals surface area contributed by atoms with Crippen LogP contribution in [0, 0.1) is 5.82 Å². The molecule has 0 spiro atoms. The van der Waals surface area contributed by atoms with Crippen LogP contribution in [0.3, 0.4) is 0 Å². The average Bonchev–Trinajstić information content (AvgIpc) is 2.51. The van der Waals surface area contributed by atoms with Gasteiger partial charge in [-0.15, -0.1) is 0 Å². The van der Waals surface area contributed by atoms with E-state index in [9.17, 15) is 4.39 Å². The van der Waals surface area contributed by atoms with Crippen LogP contribution in [0.4, 0.5) is 15.8 Å². The van der Waals surface area contributed by atoms with E-state index in [2.05, 4.69) is 48.3 Å². The Morgan fingerprint density at radius 3 is 2.29 bits per heavy atom. The lowest BCUT2D eigenvalue weighted by molar-refractivity contribution is 0.432. The summed E-state index contributed by atoms with van der Waals surface area (Å²) in [5.74, 6) is -0.944. The van der Waals surface area contributed by atoms with E-state index in [0.29, 0.717) is 12.2 Å². The number of hydrogen-bond donors (Lipinski definition) is 2. The summed E-state index contributed by atoms with van der Waals surface area (Å²) < 4.78 is 13.2. The molecule has 21 heavy (non-hydrogen) atoms. The Bertz CT molecular complexity index is 580. The highest BCUT2D eigenvalue weighted by molar-refractivity contribution is 5.50. The minimum atomic E-state index is -0.614. The molecule has 0 aromatic heterocycles. The molecule has 0 saturated carbocycles. The molecule has 112 valence electrons. The molecule has 0 atom stereocenters. The van der Waals surface area contributed by atoms with Crippen molar-refractivity contribution in [1.82, 2.24) is 0 Å². The van der Waals surface area contributed by atoms with Crippen molar-refractivity contribution < 1.29 is 9.50 Å². The van der Waals surface area contributed by atoms with Gasteiger partial charge in [-0.25, -0.2) is 4.39 Å². The Kier molecular flexibility index (Phi) is 5.04. The van der Waals surface area contributed by atoms with Gasteiger partial charge in [-0.2, -0.15) is 0 Å². The first-order chi connectivity index (χ1) is 10.1. The second kappa shape index (κ2) is 6.97. The molecular formula is C17H21FN2O. The fraction of sp³-hybridized carbons (Fsp3) is 0.294. The number of aromatic hydroxyl groups is 1. The van der Waals surface area contributed by atoms with Crippen LogP contribution in [0.5, 0.6) is 5.75 Å². The second-order valence-electron chi connectivity index (χ2n) is 4.86. The van der Waals surface area contributed by atoms with Crippen LogP contribution >= 0.6 is 0 Å². The number of anilines is 2. The SMILES string of the molecule is CCN(CC)c1ccc(CNc2ccc(O)c(F)c2)cc1. The summed E-state index contributed by atoms with van der Waals surface area (Å²) in [5, 5.41) is 12.3. The predicted molar refractivity (Wildman–Crippen MR) is 85.4 cm³/mol. The maximum atomic E-state index is 13.2. The first-order valence-electron chi connectivity index (χ1n) is 7.20. The van der Waals surface area contributed by atoms with Gasteiger partial charge in [0.1, 0.15) is 0 Å². The van der Waals surface area contributed by atoms with E-state index in [4.69, 9.17) is 5.11 Å². The van der Waals surface area contributed by atoms with Gasteiger partial charge in [-0.3, -0.25) is 0 Å². The summed E-state index contributed by atoms with van der Waals surface area (Å²) in [5.41, 5.74) is 2.98. The Morgan fingerprint density at radius 2 is 1.71 bits per heavy atom. The lowest BCUT2D eigenvalue weighted by Crippen LogP contribution is -2.21. The molecule has 3 nitrogen and oxygen atoms in total. The zero-order valence-corrected chi connectivity index (χ0v) is 12.4. The maximum Gasteiger partial charge on any atom is 0.166 e. The molecule has 0 unspecified atom stereocenters. The highest BCUT2D eigenvalue weighted by atomic mass is 19.1. The predicted octanol–water partition coefficient (Wildman–Crippen LogP) is 3.99. The Morgan fingerprint density at radius 1 is 1.05 bits per heavy atom. The quantitative estimate of drug-likeness (QED) is 0.789. The molecule has 2 aromatic carbocycles. The molecule has 0 bridgehead atoms. The van der Waals surface area contributed by atoms with Crippen molar-refractivity contribution in [3.05, 3.63) is 53.8 Å². The molecule has 0 fully saturated rings. The van der Waals surface area contributed by atoms with Crippen LogP contribution in [-0.2, 0) is 6.54 Å². The van der Waals surface area contributed by atoms with Gasteiger partial charge in [-0.1, -0.05) is 12.1 Å². The Labute approximate surface area is 125 Å². The molecule has 0 aliphatic rings. The number of phenols is 1. The third-order valence-corrected chi connectivity index (χ3v) is 3.51. The Balaban J connectivity index is 1.98. The molecule has 2 N–H and O–H groups in total. The topological polar surface area (TPSA) is 35.5 Å². The van der Waals surface area contributed by atoms with Gasteiger partial charge in [0.2, 0.25) is 0 Å². The molecule has 2 aromatic rings. The standard InChI is InChI=1S/C17H21FN2O/c1-3-20(4-2)15-8-5-13(6-9-15)12-19-14-7-10-17(21)16(18)11-14/h5-11,19,21H,3-4,12H2,1-2H3. The summed E-state index contributed by atoms with van der Waals surface area (Å²) in [6.45, 7) is 6.86. The van der Waals surface area contributed by atoms with E-state index in [-0.39, 0.29) is 5.75 Å². The normalized spacial score (nSPS) is 10.4. The second-order valence-corrected chi connectivity index (χ2v) is 4.86. The van der Waals surface area contributed by atoms with E-state index in [1.807, 2.05) is 0 Å². The molecule has 0 amide bonds. The van der Waals surface area contributed by atoms with Crippen LogP contribution in [0.15, 0.2) is 42.5 Å². The van der Waals surface area contributed by atoms with Gasteiger partial charge in [0.25, 0.3) is 0 Å². The van der Waals surface area contributed by atoms with Crippen molar-refractivity contribution >= 4 is 11.4 Å². The highest BCUT2D eigenvalue weighted by Crippen LogP contribution is 2.20. The van der Waals surface area contributed by atoms with Gasteiger partial charge in [0.15, 0.2) is 11.6 Å². The maximum absolute atomic E-state index is 13.2. The third-order valence-electron chi connectivity index (χ3n) is 3.51. The van der Waals surface area contributed by atoms with E-state index < -0.39 is 5.82 Å². The molecule has 2 rings (SSSR count). The van der Waals surface area contributed by atoms with E-state index in [0.717, 1.165) is 18.7 Å². The fourth-order valence-electron chi connectivity index (χ4n) is 2.23. The number of halogens is 1. The molecule has 0 radical (unpaired) electrons. The first kappa shape index (κ1) is 15.2. The number of rotatable bonds is 6. The molecule has 0 heterocycles. The lowest BCUT2D eigenvalue weighted by Gasteiger charge is -2.21. The van der Waals surface area contributed by atoms with Crippen molar-refractivity contribution in [2.45, 2.75) is 20.4 Å². The van der Waals surface area contributed by atoms with Crippen molar-refractivity contribution in [1.29, 1.82) is 0 Å². The number of nitrogens with zero attached hydrogens (tertiary/aromatic N) is 1. The molecule has 0 saturated heterocycles. The van der Waals surface area contributed by atoms with E-state index in [1.54, 1.807) is 6.07 Å². The van der Waals surface area contributed by atoms with Crippen molar-refractivity contribution in [3.8, 4) is 5.75 Å². The van der Waals surface area contributed by atoms with Crippen LogP contribution in [0.1, 0.15) is 19.4 Å². The number of phenolic OH excluding ortho intramolecular Hbond substituents is 1. The molecule has 4 heteroatoms. The monoisotopic (exact) mass is 288 g/mol. The zero-order valence-electron chi connectivity index (χ0n) is 12.4. The molecule has 0 aliphatic heterocycles. The lowest BCUT2D eigenvalue weighted by atomic mass is 10.2. The van der Waals surface area contributed by atoms with Gasteiger partial charge in [-0.05, 0) is 43.7 Å². The van der Waals surface area contributed by atoms with Gasteiger partial charge >= 0.3 is 0 Å². The molecular weight excluding hydrogens is 267 g/mol. The third kappa shape index (κ3) is 3.88.